The molecule has 0 radical (unpaired) electrons. The monoisotopic (exact) mass is 277 g/mol. The lowest BCUT2D eigenvalue weighted by Crippen LogP contribution is -2.53. The zero-order valence-electron chi connectivity index (χ0n) is 12.6. The molecule has 0 saturated carbocycles. The molecule has 1 unspecified atom stereocenters. The number of nitrogens with one attached hydrogen (secondary N) is 1. The highest BCUT2D eigenvalue weighted by molar-refractivity contribution is 5.91. The Balaban J connectivity index is 2.08. The van der Waals surface area contributed by atoms with E-state index in [-0.39, 0.29) is 5.91 Å². The molecule has 1 fully saturated rings. The van der Waals surface area contributed by atoms with Crippen LogP contribution in [-0.2, 0) is 0 Å². The molecule has 1 aliphatic heterocycles. The van der Waals surface area contributed by atoms with Gasteiger partial charge in [0.1, 0.15) is 0 Å². The SMILES string of the molecule is CC(C)C1CN(c2ccc(C(=O)N(C)C)nn2)CCN1. The average Bonchev–Trinajstić information content (AvgIpc) is 2.46. The van der Waals surface area contributed by atoms with Crippen molar-refractivity contribution in [2.45, 2.75) is 19.9 Å². The first-order valence-electron chi connectivity index (χ1n) is 7.02. The van der Waals surface area contributed by atoms with Crippen molar-refractivity contribution in [3.05, 3.63) is 17.8 Å². The fourth-order valence-corrected chi connectivity index (χ4v) is 2.27. The fourth-order valence-electron chi connectivity index (χ4n) is 2.27. The predicted octanol–water partition coefficient (Wildman–Crippen LogP) is 0.613. The minimum atomic E-state index is -0.121. The summed E-state index contributed by atoms with van der Waals surface area (Å²) in [7, 11) is 3.42. The maximum Gasteiger partial charge on any atom is 0.273 e. The summed E-state index contributed by atoms with van der Waals surface area (Å²) < 4.78 is 0. The van der Waals surface area contributed by atoms with Crippen LogP contribution in [0.15, 0.2) is 12.1 Å². The van der Waals surface area contributed by atoms with Crippen LogP contribution in [0.5, 0.6) is 0 Å². The van der Waals surface area contributed by atoms with Gasteiger partial charge in [-0.05, 0) is 18.1 Å². The third kappa shape index (κ3) is 3.25. The van der Waals surface area contributed by atoms with E-state index in [0.717, 1.165) is 25.5 Å². The van der Waals surface area contributed by atoms with Crippen LogP contribution in [0.1, 0.15) is 24.3 Å². The van der Waals surface area contributed by atoms with E-state index >= 15 is 0 Å². The second-order valence-corrected chi connectivity index (χ2v) is 5.73. The molecule has 0 aromatic carbocycles. The number of carbonyl (C=O) groups excluding carboxylic acids is 1. The Labute approximate surface area is 120 Å². The van der Waals surface area contributed by atoms with E-state index in [9.17, 15) is 4.79 Å². The average molecular weight is 277 g/mol. The van der Waals surface area contributed by atoms with Gasteiger partial charge in [-0.25, -0.2) is 0 Å². The molecule has 1 atom stereocenters. The van der Waals surface area contributed by atoms with Gasteiger partial charge in [-0.3, -0.25) is 4.79 Å². The van der Waals surface area contributed by atoms with Gasteiger partial charge >= 0.3 is 0 Å². The standard InChI is InChI=1S/C14H23N5O/c1-10(2)12-9-19(8-7-15-12)13-6-5-11(16-17-13)14(20)18(3)4/h5-6,10,12,15H,7-9H2,1-4H3. The molecule has 1 amide bonds. The number of carbonyl (C=O) groups is 1. The minimum absolute atomic E-state index is 0.121. The van der Waals surface area contributed by atoms with Crippen LogP contribution in [-0.4, -0.2) is 60.8 Å². The molecule has 6 heteroatoms. The minimum Gasteiger partial charge on any atom is -0.352 e. The topological polar surface area (TPSA) is 61.4 Å². The quantitative estimate of drug-likeness (QED) is 0.877. The first kappa shape index (κ1) is 14.7. The van der Waals surface area contributed by atoms with Gasteiger partial charge in [0, 0.05) is 39.8 Å². The number of amides is 1. The molecule has 2 heterocycles. The molecular weight excluding hydrogens is 254 g/mol. The second-order valence-electron chi connectivity index (χ2n) is 5.73. The molecule has 1 aliphatic rings. The van der Waals surface area contributed by atoms with Gasteiger partial charge in [-0.2, -0.15) is 0 Å². The van der Waals surface area contributed by atoms with E-state index in [1.54, 1.807) is 20.2 Å². The Bertz CT molecular complexity index is 457. The van der Waals surface area contributed by atoms with E-state index in [4.69, 9.17) is 0 Å². The molecule has 6 nitrogen and oxygen atoms in total. The Hall–Kier alpha value is -1.69. The van der Waals surface area contributed by atoms with E-state index in [1.165, 1.54) is 4.90 Å². The number of hydrogen-bond acceptors (Lipinski definition) is 5. The molecule has 1 aromatic heterocycles. The summed E-state index contributed by atoms with van der Waals surface area (Å²) in [5, 5.41) is 11.8. The van der Waals surface area contributed by atoms with E-state index in [1.807, 2.05) is 6.07 Å². The number of piperazine rings is 1. The number of hydrogen-bond donors (Lipinski definition) is 1. The summed E-state index contributed by atoms with van der Waals surface area (Å²) in [6.07, 6.45) is 0. The maximum absolute atomic E-state index is 11.8. The summed E-state index contributed by atoms with van der Waals surface area (Å²) >= 11 is 0. The van der Waals surface area contributed by atoms with Crippen LogP contribution in [0.2, 0.25) is 0 Å². The Kier molecular flexibility index (Phi) is 4.54. The van der Waals surface area contributed by atoms with E-state index in [2.05, 4.69) is 34.3 Å². The van der Waals surface area contributed by atoms with Crippen LogP contribution in [0.4, 0.5) is 5.82 Å². The Morgan fingerprint density at radius 3 is 2.70 bits per heavy atom. The number of rotatable bonds is 3. The van der Waals surface area contributed by atoms with Gasteiger partial charge in [0.2, 0.25) is 0 Å². The van der Waals surface area contributed by atoms with Crippen molar-refractivity contribution < 1.29 is 4.79 Å². The Morgan fingerprint density at radius 1 is 1.40 bits per heavy atom. The first-order chi connectivity index (χ1) is 9.49. The largest absolute Gasteiger partial charge is 0.352 e. The first-order valence-corrected chi connectivity index (χ1v) is 7.02. The summed E-state index contributed by atoms with van der Waals surface area (Å²) in [6, 6.07) is 4.09. The molecule has 1 aromatic rings. The van der Waals surface area contributed by atoms with Crippen molar-refractivity contribution in [3.8, 4) is 0 Å². The molecule has 1 saturated heterocycles. The molecule has 0 spiro atoms. The van der Waals surface area contributed by atoms with Gasteiger partial charge < -0.3 is 15.1 Å². The van der Waals surface area contributed by atoms with Crippen molar-refractivity contribution in [3.63, 3.8) is 0 Å². The van der Waals surface area contributed by atoms with Crippen molar-refractivity contribution in [2.24, 2.45) is 5.92 Å². The van der Waals surface area contributed by atoms with Crippen LogP contribution in [0.25, 0.3) is 0 Å². The van der Waals surface area contributed by atoms with Crippen LogP contribution < -0.4 is 10.2 Å². The number of nitrogens with zero attached hydrogens (tertiary/aromatic N) is 4. The molecule has 2 rings (SSSR count). The van der Waals surface area contributed by atoms with Gasteiger partial charge in [0.25, 0.3) is 5.91 Å². The number of aromatic nitrogens is 2. The third-order valence-electron chi connectivity index (χ3n) is 3.61. The zero-order chi connectivity index (χ0) is 14.7. The van der Waals surface area contributed by atoms with Crippen molar-refractivity contribution >= 4 is 11.7 Å². The van der Waals surface area contributed by atoms with Crippen LogP contribution >= 0.6 is 0 Å². The molecule has 1 N–H and O–H groups in total. The summed E-state index contributed by atoms with van der Waals surface area (Å²) in [5.74, 6) is 1.30. The molecule has 20 heavy (non-hydrogen) atoms. The number of anilines is 1. The van der Waals surface area contributed by atoms with Gasteiger partial charge in [-0.15, -0.1) is 10.2 Å². The van der Waals surface area contributed by atoms with Gasteiger partial charge in [0.05, 0.1) is 0 Å². The lowest BCUT2D eigenvalue weighted by molar-refractivity contribution is 0.0821. The van der Waals surface area contributed by atoms with Gasteiger partial charge in [-0.1, -0.05) is 13.8 Å². The van der Waals surface area contributed by atoms with E-state index < -0.39 is 0 Å². The van der Waals surface area contributed by atoms with Crippen molar-refractivity contribution in [1.82, 2.24) is 20.4 Å². The fraction of sp³-hybridized carbons (Fsp3) is 0.643. The van der Waals surface area contributed by atoms with E-state index in [0.29, 0.717) is 17.7 Å². The van der Waals surface area contributed by atoms with Crippen LogP contribution in [0, 0.1) is 5.92 Å². The molecule has 0 aliphatic carbocycles. The zero-order valence-corrected chi connectivity index (χ0v) is 12.6. The summed E-state index contributed by atoms with van der Waals surface area (Å²) in [4.78, 5) is 15.5. The predicted molar refractivity (Wildman–Crippen MR) is 78.9 cm³/mol. The van der Waals surface area contributed by atoms with Crippen molar-refractivity contribution in [1.29, 1.82) is 0 Å². The smallest absolute Gasteiger partial charge is 0.273 e. The third-order valence-corrected chi connectivity index (χ3v) is 3.61. The Morgan fingerprint density at radius 2 is 2.15 bits per heavy atom. The molecule has 110 valence electrons. The normalized spacial score (nSPS) is 19.2. The molecular formula is C14H23N5O. The second kappa shape index (κ2) is 6.17. The van der Waals surface area contributed by atoms with Gasteiger partial charge in [0.15, 0.2) is 11.5 Å². The lowest BCUT2D eigenvalue weighted by Gasteiger charge is -2.36. The highest BCUT2D eigenvalue weighted by Crippen LogP contribution is 2.15. The van der Waals surface area contributed by atoms with Crippen LogP contribution in [0.3, 0.4) is 0 Å². The summed E-state index contributed by atoms with van der Waals surface area (Å²) in [6.45, 7) is 7.21. The molecule has 0 bridgehead atoms. The maximum atomic E-state index is 11.8. The highest BCUT2D eigenvalue weighted by Gasteiger charge is 2.23. The van der Waals surface area contributed by atoms with Crippen molar-refractivity contribution in [2.75, 3.05) is 38.6 Å². The summed E-state index contributed by atoms with van der Waals surface area (Å²) in [5.41, 5.74) is 0.384. The lowest BCUT2D eigenvalue weighted by atomic mass is 10.0. The highest BCUT2D eigenvalue weighted by atomic mass is 16.2.